The van der Waals surface area contributed by atoms with E-state index in [1.54, 1.807) is 55.6 Å². The maximum absolute atomic E-state index is 13.3. The number of carbonyl (C=O) groups excluding carboxylic acids is 3. The fourth-order valence-corrected chi connectivity index (χ4v) is 4.50. The van der Waals surface area contributed by atoms with Crippen molar-refractivity contribution in [2.75, 3.05) is 19.0 Å². The highest BCUT2D eigenvalue weighted by atomic mass is 16.6. The first-order chi connectivity index (χ1) is 18.4. The normalized spacial score (nSPS) is 18.6. The molecule has 2 atom stereocenters. The van der Waals surface area contributed by atoms with Gasteiger partial charge in [-0.25, -0.2) is 4.79 Å². The zero-order valence-electron chi connectivity index (χ0n) is 21.5. The van der Waals surface area contributed by atoms with Gasteiger partial charge in [-0.2, -0.15) is 0 Å². The first-order valence-electron chi connectivity index (χ1n) is 12.8. The average Bonchev–Trinajstić information content (AvgIpc) is 3.71. The molecule has 2 N–H and O–H groups in total. The Morgan fingerprint density at radius 2 is 1.76 bits per heavy atom. The molecule has 3 amide bonds. The number of nitrogens with zero attached hydrogens (tertiary/aromatic N) is 1. The summed E-state index contributed by atoms with van der Waals surface area (Å²) in [5, 5.41) is 5.88. The lowest BCUT2D eigenvalue weighted by atomic mass is 10.00. The predicted molar refractivity (Wildman–Crippen MR) is 143 cm³/mol. The zero-order valence-corrected chi connectivity index (χ0v) is 21.5. The van der Waals surface area contributed by atoms with Gasteiger partial charge in [0.15, 0.2) is 12.1 Å². The highest BCUT2D eigenvalue weighted by molar-refractivity contribution is 6.04. The predicted octanol–water partition coefficient (Wildman–Crippen LogP) is 4.84. The van der Waals surface area contributed by atoms with Crippen molar-refractivity contribution in [1.82, 2.24) is 10.2 Å². The molecule has 1 saturated carbocycles. The molecule has 0 aromatic heterocycles. The van der Waals surface area contributed by atoms with Crippen LogP contribution in [0.25, 0.3) is 0 Å². The van der Waals surface area contributed by atoms with Crippen molar-refractivity contribution >= 4 is 23.6 Å². The van der Waals surface area contributed by atoms with Crippen LogP contribution in [0, 0.1) is 12.8 Å². The van der Waals surface area contributed by atoms with Gasteiger partial charge in [0.05, 0.1) is 13.7 Å². The number of hydrogen-bond donors (Lipinski definition) is 2. The van der Waals surface area contributed by atoms with Crippen LogP contribution in [0.2, 0.25) is 0 Å². The van der Waals surface area contributed by atoms with Crippen LogP contribution in [0.5, 0.6) is 5.75 Å². The van der Waals surface area contributed by atoms with Gasteiger partial charge in [0.1, 0.15) is 5.75 Å². The van der Waals surface area contributed by atoms with Gasteiger partial charge in [0, 0.05) is 17.8 Å². The summed E-state index contributed by atoms with van der Waals surface area (Å²) in [4.78, 5) is 40.5. The molecule has 0 bridgehead atoms. The van der Waals surface area contributed by atoms with Crippen LogP contribution in [0.3, 0.4) is 0 Å². The van der Waals surface area contributed by atoms with Gasteiger partial charge in [0.25, 0.3) is 5.91 Å². The third kappa shape index (κ3) is 5.80. The Balaban J connectivity index is 1.33. The Bertz CT molecular complexity index is 1320. The highest BCUT2D eigenvalue weighted by Gasteiger charge is 2.47. The number of nitrogens with one attached hydrogen (secondary N) is 2. The van der Waals surface area contributed by atoms with Crippen LogP contribution in [-0.4, -0.2) is 42.5 Å². The zero-order chi connectivity index (χ0) is 26.6. The summed E-state index contributed by atoms with van der Waals surface area (Å²) >= 11 is 0. The lowest BCUT2D eigenvalue weighted by molar-refractivity contribution is -0.126. The number of carbonyl (C=O) groups is 3. The molecule has 196 valence electrons. The van der Waals surface area contributed by atoms with Crippen molar-refractivity contribution in [3.8, 4) is 5.75 Å². The second-order valence-corrected chi connectivity index (χ2v) is 9.86. The Morgan fingerprint density at radius 1 is 1.03 bits per heavy atom. The maximum Gasteiger partial charge on any atom is 0.411 e. The van der Waals surface area contributed by atoms with E-state index in [2.05, 4.69) is 10.6 Å². The number of benzene rings is 3. The number of aryl methyl sites for hydroxylation is 1. The monoisotopic (exact) mass is 513 g/mol. The van der Waals surface area contributed by atoms with E-state index in [-0.39, 0.29) is 18.4 Å². The van der Waals surface area contributed by atoms with Gasteiger partial charge in [0.2, 0.25) is 5.91 Å². The lowest BCUT2D eigenvalue weighted by Crippen LogP contribution is -2.46. The molecule has 3 aromatic rings. The Labute approximate surface area is 221 Å². The first kappa shape index (κ1) is 25.3. The molecule has 8 nitrogen and oxygen atoms in total. The maximum atomic E-state index is 13.3. The Morgan fingerprint density at radius 3 is 2.45 bits per heavy atom. The summed E-state index contributed by atoms with van der Waals surface area (Å²) in [5.41, 5.74) is 3.77. The molecule has 1 heterocycles. The fourth-order valence-electron chi connectivity index (χ4n) is 4.50. The Hall–Kier alpha value is -4.33. The number of methoxy groups -OCH3 is 1. The van der Waals surface area contributed by atoms with Crippen molar-refractivity contribution in [1.29, 1.82) is 0 Å². The minimum absolute atomic E-state index is 0.227. The van der Waals surface area contributed by atoms with E-state index in [0.717, 1.165) is 24.0 Å². The summed E-state index contributed by atoms with van der Waals surface area (Å²) in [6.45, 7) is 2.87. The van der Waals surface area contributed by atoms with Gasteiger partial charge in [-0.3, -0.25) is 14.5 Å². The lowest BCUT2D eigenvalue weighted by Gasteiger charge is -2.24. The number of ether oxygens (including phenoxy) is 2. The third-order valence-corrected chi connectivity index (χ3v) is 6.92. The van der Waals surface area contributed by atoms with Gasteiger partial charge in [-0.1, -0.05) is 48.0 Å². The fraction of sp³-hybridized carbons (Fsp3) is 0.300. The molecule has 38 heavy (non-hydrogen) atoms. The van der Waals surface area contributed by atoms with Crippen LogP contribution in [0.4, 0.5) is 10.5 Å². The van der Waals surface area contributed by atoms with Crippen LogP contribution in [-0.2, 0) is 16.1 Å². The third-order valence-electron chi connectivity index (χ3n) is 6.92. The molecule has 8 heteroatoms. The average molecular weight is 514 g/mol. The van der Waals surface area contributed by atoms with E-state index in [0.29, 0.717) is 35.0 Å². The molecule has 1 saturated heterocycles. The molecule has 0 radical (unpaired) electrons. The Kier molecular flexibility index (Phi) is 7.31. The van der Waals surface area contributed by atoms with E-state index in [1.807, 2.05) is 31.2 Å². The molecule has 0 spiro atoms. The second-order valence-electron chi connectivity index (χ2n) is 9.86. The molecule has 3 aromatic carbocycles. The highest BCUT2D eigenvalue weighted by Crippen LogP contribution is 2.35. The molecule has 1 aliphatic carbocycles. The smallest absolute Gasteiger partial charge is 0.411 e. The van der Waals surface area contributed by atoms with Crippen molar-refractivity contribution in [3.63, 3.8) is 0 Å². The SMILES string of the molecule is COc1cccc(C(=O)Nc2ccc(C3OC(=O)N(Cc4ccc(C)cc4)C3C(=O)NCC3CC3)cc2)c1. The summed E-state index contributed by atoms with van der Waals surface area (Å²) < 4.78 is 10.9. The molecule has 2 fully saturated rings. The summed E-state index contributed by atoms with van der Waals surface area (Å²) in [5.74, 6) is 0.603. The van der Waals surface area contributed by atoms with Crippen LogP contribution < -0.4 is 15.4 Å². The topological polar surface area (TPSA) is 97.0 Å². The van der Waals surface area contributed by atoms with Gasteiger partial charge >= 0.3 is 6.09 Å². The minimum Gasteiger partial charge on any atom is -0.497 e. The second kappa shape index (κ2) is 11.0. The van der Waals surface area contributed by atoms with Crippen LogP contribution in [0.15, 0.2) is 72.8 Å². The van der Waals surface area contributed by atoms with Gasteiger partial charge in [-0.05, 0) is 67.1 Å². The van der Waals surface area contributed by atoms with E-state index < -0.39 is 18.2 Å². The largest absolute Gasteiger partial charge is 0.497 e. The van der Waals surface area contributed by atoms with Crippen molar-refractivity contribution in [2.45, 2.75) is 38.5 Å². The van der Waals surface area contributed by atoms with Crippen LogP contribution >= 0.6 is 0 Å². The van der Waals surface area contributed by atoms with E-state index in [9.17, 15) is 14.4 Å². The van der Waals surface area contributed by atoms with Crippen molar-refractivity contribution in [3.05, 3.63) is 95.1 Å². The summed E-state index contributed by atoms with van der Waals surface area (Å²) in [6, 6.07) is 21.0. The first-order valence-corrected chi connectivity index (χ1v) is 12.8. The quantitative estimate of drug-likeness (QED) is 0.427. The summed E-state index contributed by atoms with van der Waals surface area (Å²) in [6.07, 6.45) is 0.924. The molecular weight excluding hydrogens is 482 g/mol. The molecule has 2 aliphatic rings. The van der Waals surface area contributed by atoms with Gasteiger partial charge < -0.3 is 20.1 Å². The van der Waals surface area contributed by atoms with Crippen LogP contribution in [0.1, 0.15) is 46.0 Å². The molecule has 2 unspecified atom stereocenters. The number of hydrogen-bond acceptors (Lipinski definition) is 5. The molecular formula is C30H31N3O5. The molecule has 5 rings (SSSR count). The standard InChI is InChI=1S/C30H31N3O5/c1-19-6-8-21(9-7-19)18-33-26(29(35)31-17-20-10-11-20)27(38-30(33)36)22-12-14-24(15-13-22)32-28(34)23-4-3-5-25(16-23)37-2/h3-9,12-16,20,26-27H,10-11,17-18H2,1-2H3,(H,31,35)(H,32,34). The summed E-state index contributed by atoms with van der Waals surface area (Å²) in [7, 11) is 1.55. The number of rotatable bonds is 9. The van der Waals surface area contributed by atoms with E-state index in [4.69, 9.17) is 9.47 Å². The number of anilines is 1. The van der Waals surface area contributed by atoms with Crippen molar-refractivity contribution in [2.24, 2.45) is 5.92 Å². The minimum atomic E-state index is -0.806. The van der Waals surface area contributed by atoms with E-state index in [1.165, 1.54) is 4.90 Å². The van der Waals surface area contributed by atoms with E-state index >= 15 is 0 Å². The number of cyclic esters (lactones) is 1. The number of amides is 3. The van der Waals surface area contributed by atoms with Crippen molar-refractivity contribution < 1.29 is 23.9 Å². The molecule has 1 aliphatic heterocycles. The van der Waals surface area contributed by atoms with Gasteiger partial charge in [-0.15, -0.1) is 0 Å².